The van der Waals surface area contributed by atoms with Gasteiger partial charge in [0, 0.05) is 13.0 Å². The Morgan fingerprint density at radius 1 is 0.912 bits per heavy atom. The molecule has 5 unspecified atom stereocenters. The number of aliphatic hydroxyl groups excluding tert-OH is 2. The first-order chi connectivity index (χ1) is 15.8. The Morgan fingerprint density at radius 3 is 1.94 bits per heavy atom. The molecule has 3 amide bonds. The Kier molecular flexibility index (Phi) is 13.8. The summed E-state index contributed by atoms with van der Waals surface area (Å²) in [5.41, 5.74) is 16.2. The first-order valence-corrected chi connectivity index (χ1v) is 10.3. The molecule has 0 aromatic carbocycles. The highest BCUT2D eigenvalue weighted by molar-refractivity contribution is 5.94. The molecule has 13 N–H and O–H groups in total. The number of nitrogens with zero attached hydrogens (tertiary/aromatic N) is 1. The number of aliphatic carboxylic acids is 2. The molecule has 0 saturated heterocycles. The second-order valence-corrected chi connectivity index (χ2v) is 7.36. The van der Waals surface area contributed by atoms with Crippen molar-refractivity contribution in [3.05, 3.63) is 0 Å². The first-order valence-electron chi connectivity index (χ1n) is 10.3. The lowest BCUT2D eigenvalue weighted by atomic mass is 10.1. The average molecular weight is 492 g/mol. The number of amides is 3. The van der Waals surface area contributed by atoms with Crippen LogP contribution < -0.4 is 33.2 Å². The molecule has 0 aliphatic rings. The van der Waals surface area contributed by atoms with Crippen molar-refractivity contribution in [1.29, 1.82) is 0 Å². The van der Waals surface area contributed by atoms with Crippen LogP contribution in [0.2, 0.25) is 0 Å². The van der Waals surface area contributed by atoms with Crippen LogP contribution in [0.1, 0.15) is 32.6 Å². The highest BCUT2D eigenvalue weighted by Crippen LogP contribution is 2.03. The van der Waals surface area contributed by atoms with Crippen LogP contribution in [-0.4, -0.2) is 99.5 Å². The SMILES string of the molecule is CC(O)C(NC(=O)C(CO)NC(=O)C(CCC(=O)O)NC(=O)C(N)CCCN=C(N)N)C(=O)O. The summed E-state index contributed by atoms with van der Waals surface area (Å²) in [6.07, 6.45) is -1.87. The fourth-order valence-electron chi connectivity index (χ4n) is 2.57. The number of rotatable bonds is 16. The molecule has 0 fully saturated rings. The number of aliphatic imine (C=N–C) groups is 1. The fraction of sp³-hybridized carbons (Fsp3) is 0.667. The van der Waals surface area contributed by atoms with Crippen molar-refractivity contribution in [2.75, 3.05) is 13.2 Å². The van der Waals surface area contributed by atoms with Gasteiger partial charge in [-0.15, -0.1) is 0 Å². The van der Waals surface area contributed by atoms with E-state index in [4.69, 9.17) is 27.4 Å². The summed E-state index contributed by atoms with van der Waals surface area (Å²) in [6.45, 7) is 0.376. The van der Waals surface area contributed by atoms with Crippen LogP contribution in [-0.2, 0) is 24.0 Å². The summed E-state index contributed by atoms with van der Waals surface area (Å²) < 4.78 is 0. The maximum Gasteiger partial charge on any atom is 0.328 e. The van der Waals surface area contributed by atoms with Gasteiger partial charge in [-0.1, -0.05) is 0 Å². The summed E-state index contributed by atoms with van der Waals surface area (Å²) >= 11 is 0. The normalized spacial score (nSPS) is 15.1. The van der Waals surface area contributed by atoms with Crippen LogP contribution in [0.3, 0.4) is 0 Å². The van der Waals surface area contributed by atoms with Crippen molar-refractivity contribution in [3.63, 3.8) is 0 Å². The molecule has 0 heterocycles. The van der Waals surface area contributed by atoms with Gasteiger partial charge in [0.2, 0.25) is 17.7 Å². The maximum absolute atomic E-state index is 12.6. The molecule has 0 radical (unpaired) electrons. The van der Waals surface area contributed by atoms with Crippen molar-refractivity contribution in [3.8, 4) is 0 Å². The van der Waals surface area contributed by atoms with Crippen LogP contribution >= 0.6 is 0 Å². The van der Waals surface area contributed by atoms with Gasteiger partial charge in [0.05, 0.1) is 18.8 Å². The molecule has 0 aromatic heterocycles. The van der Waals surface area contributed by atoms with Gasteiger partial charge < -0.3 is 53.6 Å². The minimum absolute atomic E-state index is 0.131. The number of guanidine groups is 1. The lowest BCUT2D eigenvalue weighted by Gasteiger charge is -2.24. The van der Waals surface area contributed by atoms with E-state index in [1.54, 1.807) is 0 Å². The van der Waals surface area contributed by atoms with Gasteiger partial charge in [-0.25, -0.2) is 4.79 Å². The Balaban J connectivity index is 5.23. The van der Waals surface area contributed by atoms with Gasteiger partial charge in [-0.2, -0.15) is 0 Å². The second kappa shape index (κ2) is 15.4. The molecular weight excluding hydrogens is 458 g/mol. The highest BCUT2D eigenvalue weighted by atomic mass is 16.4. The van der Waals surface area contributed by atoms with Gasteiger partial charge in [0.15, 0.2) is 12.0 Å². The van der Waals surface area contributed by atoms with Crippen molar-refractivity contribution in [2.45, 2.75) is 62.9 Å². The van der Waals surface area contributed by atoms with Crippen molar-refractivity contribution in [1.82, 2.24) is 16.0 Å². The zero-order chi connectivity index (χ0) is 26.4. The number of carboxylic acid groups (broad SMARTS) is 2. The number of aliphatic hydroxyl groups is 2. The van der Waals surface area contributed by atoms with Crippen LogP contribution in [0.15, 0.2) is 4.99 Å². The smallest absolute Gasteiger partial charge is 0.328 e. The summed E-state index contributed by atoms with van der Waals surface area (Å²) in [4.78, 5) is 63.0. The number of carbonyl (C=O) groups is 5. The topological polar surface area (TPSA) is 293 Å². The minimum Gasteiger partial charge on any atom is -0.481 e. The molecule has 0 bridgehead atoms. The average Bonchev–Trinajstić information content (AvgIpc) is 2.74. The standard InChI is InChI=1S/C18H33N7O9/c1-8(27)13(17(33)34)25-16(32)11(7-26)24-15(31)10(4-5-12(28)29)23-14(30)9(19)3-2-6-22-18(20)21/h8-11,13,26-27H,2-7,19H2,1H3,(H,23,30)(H,24,31)(H,25,32)(H,28,29)(H,33,34)(H4,20,21,22). The van der Waals surface area contributed by atoms with Crippen molar-refractivity contribution < 1.29 is 44.4 Å². The van der Waals surface area contributed by atoms with E-state index in [2.05, 4.69) is 15.6 Å². The van der Waals surface area contributed by atoms with Crippen LogP contribution in [0.4, 0.5) is 0 Å². The van der Waals surface area contributed by atoms with Crippen LogP contribution in [0.25, 0.3) is 0 Å². The molecule has 5 atom stereocenters. The summed E-state index contributed by atoms with van der Waals surface area (Å²) in [7, 11) is 0. The molecule has 0 aliphatic heterocycles. The van der Waals surface area contributed by atoms with Gasteiger partial charge in [0.1, 0.15) is 12.1 Å². The summed E-state index contributed by atoms with van der Waals surface area (Å²) in [6, 6.07) is -5.86. The zero-order valence-corrected chi connectivity index (χ0v) is 18.6. The predicted molar refractivity (Wildman–Crippen MR) is 117 cm³/mol. The first kappa shape index (κ1) is 30.5. The minimum atomic E-state index is -1.71. The van der Waals surface area contributed by atoms with Gasteiger partial charge in [-0.05, 0) is 26.2 Å². The maximum atomic E-state index is 12.6. The van der Waals surface area contributed by atoms with E-state index in [9.17, 15) is 34.2 Å². The van der Waals surface area contributed by atoms with E-state index in [-0.39, 0.29) is 25.3 Å². The molecule has 16 heteroatoms. The Labute approximate surface area is 194 Å². The molecule has 194 valence electrons. The van der Waals surface area contributed by atoms with Crippen molar-refractivity contribution in [2.24, 2.45) is 22.2 Å². The van der Waals surface area contributed by atoms with E-state index in [0.29, 0.717) is 6.42 Å². The van der Waals surface area contributed by atoms with Crippen LogP contribution in [0.5, 0.6) is 0 Å². The number of carbonyl (C=O) groups excluding carboxylic acids is 3. The lowest BCUT2D eigenvalue weighted by Crippen LogP contribution is -2.59. The second-order valence-electron chi connectivity index (χ2n) is 7.36. The zero-order valence-electron chi connectivity index (χ0n) is 18.6. The predicted octanol–water partition coefficient (Wildman–Crippen LogP) is -4.86. The van der Waals surface area contributed by atoms with E-state index >= 15 is 0 Å². The van der Waals surface area contributed by atoms with E-state index in [1.807, 2.05) is 5.32 Å². The van der Waals surface area contributed by atoms with E-state index in [1.165, 1.54) is 0 Å². The molecule has 0 aliphatic carbocycles. The van der Waals surface area contributed by atoms with Gasteiger partial charge in [0.25, 0.3) is 0 Å². The fourth-order valence-corrected chi connectivity index (χ4v) is 2.57. The monoisotopic (exact) mass is 491 g/mol. The molecule has 0 aromatic rings. The molecular formula is C18H33N7O9. The van der Waals surface area contributed by atoms with Crippen LogP contribution in [0, 0.1) is 0 Å². The Hall–Kier alpha value is -3.50. The quantitative estimate of drug-likeness (QED) is 0.0552. The van der Waals surface area contributed by atoms with Crippen molar-refractivity contribution >= 4 is 35.6 Å². The number of hydrogen-bond donors (Lipinski definition) is 10. The lowest BCUT2D eigenvalue weighted by molar-refractivity contribution is -0.145. The molecule has 0 rings (SSSR count). The summed E-state index contributed by atoms with van der Waals surface area (Å²) in [5, 5.41) is 43.2. The van der Waals surface area contributed by atoms with Gasteiger partial charge >= 0.3 is 11.9 Å². The third-order valence-electron chi connectivity index (χ3n) is 4.45. The molecule has 0 spiro atoms. The number of carboxylic acids is 2. The molecule has 0 saturated carbocycles. The van der Waals surface area contributed by atoms with E-state index < -0.39 is 73.0 Å². The summed E-state index contributed by atoms with van der Waals surface area (Å²) in [5.74, 6) is -5.85. The number of nitrogens with one attached hydrogen (secondary N) is 3. The Morgan fingerprint density at radius 2 is 1.47 bits per heavy atom. The molecule has 34 heavy (non-hydrogen) atoms. The molecule has 16 nitrogen and oxygen atoms in total. The third kappa shape index (κ3) is 11.9. The highest BCUT2D eigenvalue weighted by Gasteiger charge is 2.31. The Bertz CT molecular complexity index is 756. The number of hydrogen-bond acceptors (Lipinski definition) is 9. The van der Waals surface area contributed by atoms with Gasteiger partial charge in [-0.3, -0.25) is 24.2 Å². The van der Waals surface area contributed by atoms with E-state index in [0.717, 1.165) is 6.92 Å². The number of nitrogens with two attached hydrogens (primary N) is 3. The third-order valence-corrected chi connectivity index (χ3v) is 4.45. The largest absolute Gasteiger partial charge is 0.481 e.